The molecule has 1 spiro atoms. The maximum absolute atomic E-state index is 15.9. The molecule has 1 aromatic heterocycles. The zero-order valence-electron chi connectivity index (χ0n) is 21.0. The molecular formula is C28H33F4N5. The summed E-state index contributed by atoms with van der Waals surface area (Å²) in [6.45, 7) is 4.86. The Bertz CT molecular complexity index is 1250. The van der Waals surface area contributed by atoms with Crippen molar-refractivity contribution in [3.05, 3.63) is 58.8 Å². The Morgan fingerprint density at radius 2 is 1.76 bits per heavy atom. The Kier molecular flexibility index (Phi) is 6.39. The summed E-state index contributed by atoms with van der Waals surface area (Å²) in [6.07, 6.45) is 3.89. The van der Waals surface area contributed by atoms with Crippen LogP contribution in [-0.4, -0.2) is 60.3 Å². The normalized spacial score (nSPS) is 24.2. The number of benzene rings is 2. The number of piperidine rings is 2. The summed E-state index contributed by atoms with van der Waals surface area (Å²) in [7, 11) is 0. The van der Waals surface area contributed by atoms with E-state index in [1.165, 1.54) is 12.1 Å². The fraction of sp³-hybridized carbons (Fsp3) is 0.536. The van der Waals surface area contributed by atoms with Crippen LogP contribution in [0.15, 0.2) is 30.5 Å². The number of aromatic amines is 1. The van der Waals surface area contributed by atoms with Gasteiger partial charge >= 0.3 is 0 Å². The first-order valence-corrected chi connectivity index (χ1v) is 13.3. The minimum absolute atomic E-state index is 0.160. The molecule has 198 valence electrons. The van der Waals surface area contributed by atoms with Gasteiger partial charge in [0.1, 0.15) is 11.6 Å². The highest BCUT2D eigenvalue weighted by molar-refractivity contribution is 5.83. The number of alkyl halides is 2. The molecule has 0 radical (unpaired) electrons. The van der Waals surface area contributed by atoms with E-state index in [0.717, 1.165) is 68.3 Å². The summed E-state index contributed by atoms with van der Waals surface area (Å²) >= 11 is 0. The summed E-state index contributed by atoms with van der Waals surface area (Å²) in [5.74, 6) is -1.37. The van der Waals surface area contributed by atoms with Crippen LogP contribution in [0.2, 0.25) is 0 Å². The molecule has 6 rings (SSSR count). The predicted octanol–water partition coefficient (Wildman–Crippen LogP) is 5.41. The van der Waals surface area contributed by atoms with Crippen LogP contribution < -0.4 is 10.2 Å². The van der Waals surface area contributed by atoms with Crippen molar-refractivity contribution in [2.45, 2.75) is 57.5 Å². The molecule has 0 unspecified atom stereocenters. The quantitative estimate of drug-likeness (QED) is 0.456. The molecule has 2 N–H and O–H groups in total. The molecule has 2 atom stereocenters. The largest absolute Gasteiger partial charge is 0.371 e. The highest BCUT2D eigenvalue weighted by atomic mass is 19.3. The van der Waals surface area contributed by atoms with Gasteiger partial charge < -0.3 is 10.2 Å². The van der Waals surface area contributed by atoms with Crippen molar-refractivity contribution in [1.29, 1.82) is 0 Å². The fourth-order valence-electron chi connectivity index (χ4n) is 6.90. The van der Waals surface area contributed by atoms with Gasteiger partial charge in [0, 0.05) is 35.8 Å². The van der Waals surface area contributed by atoms with E-state index in [4.69, 9.17) is 0 Å². The van der Waals surface area contributed by atoms with Crippen LogP contribution in [0.25, 0.3) is 10.9 Å². The van der Waals surface area contributed by atoms with Gasteiger partial charge in [-0.15, -0.1) is 0 Å². The minimum atomic E-state index is -2.62. The Balaban J connectivity index is 1.36. The standard InChI is InChI=1S/C28H33F4N5/c1-17-12-20-19(2-3-24-21(20)15-34-35-24)27(37(17)16-25(31)32)26-22(29)13-18(14-23(26)30)36-10-6-28(7-11-36)4-8-33-9-5-28/h2-3,13-15,17,25,27,33H,4-12,16H2,1H3,(H,34,35)/t17-,27+/m1/s1. The van der Waals surface area contributed by atoms with E-state index in [0.29, 0.717) is 23.1 Å². The first kappa shape index (κ1) is 24.7. The van der Waals surface area contributed by atoms with E-state index in [1.54, 1.807) is 23.2 Å². The topological polar surface area (TPSA) is 47.2 Å². The van der Waals surface area contributed by atoms with Crippen LogP contribution in [0.1, 0.15) is 55.3 Å². The minimum Gasteiger partial charge on any atom is -0.371 e. The van der Waals surface area contributed by atoms with E-state index in [2.05, 4.69) is 20.4 Å². The lowest BCUT2D eigenvalue weighted by molar-refractivity contribution is 0.0447. The van der Waals surface area contributed by atoms with Gasteiger partial charge in [-0.1, -0.05) is 6.07 Å². The molecule has 0 amide bonds. The number of halogens is 4. The molecular weight excluding hydrogens is 482 g/mol. The summed E-state index contributed by atoms with van der Waals surface area (Å²) in [4.78, 5) is 3.61. The highest BCUT2D eigenvalue weighted by Gasteiger charge is 2.40. The Labute approximate surface area is 214 Å². The van der Waals surface area contributed by atoms with Crippen LogP contribution in [0.4, 0.5) is 23.2 Å². The molecule has 0 saturated carbocycles. The van der Waals surface area contributed by atoms with Crippen LogP contribution in [0.5, 0.6) is 0 Å². The molecule has 3 aromatic rings. The van der Waals surface area contributed by atoms with Gasteiger partial charge in [0.2, 0.25) is 0 Å². The van der Waals surface area contributed by atoms with Crippen LogP contribution in [0, 0.1) is 17.0 Å². The second-order valence-corrected chi connectivity index (χ2v) is 11.1. The molecule has 2 aromatic carbocycles. The molecule has 9 heteroatoms. The number of rotatable bonds is 4. The van der Waals surface area contributed by atoms with Crippen molar-refractivity contribution in [3.63, 3.8) is 0 Å². The second-order valence-electron chi connectivity index (χ2n) is 11.1. The lowest BCUT2D eigenvalue weighted by Gasteiger charge is -2.45. The van der Waals surface area contributed by atoms with Crippen molar-refractivity contribution in [2.24, 2.45) is 5.41 Å². The average Bonchev–Trinajstić information content (AvgIpc) is 3.35. The predicted molar refractivity (Wildman–Crippen MR) is 136 cm³/mol. The number of H-pyrrole nitrogens is 1. The Hall–Kier alpha value is -2.65. The molecule has 37 heavy (non-hydrogen) atoms. The number of aromatic nitrogens is 2. The summed E-state index contributed by atoms with van der Waals surface area (Å²) in [5, 5.41) is 11.3. The molecule has 2 fully saturated rings. The van der Waals surface area contributed by atoms with Gasteiger partial charge in [-0.25, -0.2) is 17.6 Å². The third kappa shape index (κ3) is 4.40. The second kappa shape index (κ2) is 9.58. The molecule has 5 nitrogen and oxygen atoms in total. The summed E-state index contributed by atoms with van der Waals surface area (Å²) in [6, 6.07) is 5.12. The molecule has 3 aliphatic rings. The maximum atomic E-state index is 15.9. The number of hydrogen-bond acceptors (Lipinski definition) is 4. The van der Waals surface area contributed by atoms with E-state index in [9.17, 15) is 8.78 Å². The van der Waals surface area contributed by atoms with Crippen molar-refractivity contribution < 1.29 is 17.6 Å². The van der Waals surface area contributed by atoms with Gasteiger partial charge in [0.25, 0.3) is 6.43 Å². The maximum Gasteiger partial charge on any atom is 0.251 e. The van der Waals surface area contributed by atoms with Gasteiger partial charge in [0.15, 0.2) is 0 Å². The van der Waals surface area contributed by atoms with E-state index in [1.807, 2.05) is 6.92 Å². The van der Waals surface area contributed by atoms with E-state index >= 15 is 8.78 Å². The van der Waals surface area contributed by atoms with Crippen molar-refractivity contribution in [2.75, 3.05) is 37.6 Å². The average molecular weight is 516 g/mol. The summed E-state index contributed by atoms with van der Waals surface area (Å²) in [5.41, 5.74) is 3.07. The van der Waals surface area contributed by atoms with Crippen molar-refractivity contribution in [3.8, 4) is 0 Å². The van der Waals surface area contributed by atoms with Crippen LogP contribution in [0.3, 0.4) is 0 Å². The van der Waals surface area contributed by atoms with Gasteiger partial charge in [-0.05, 0) is 86.9 Å². The number of fused-ring (bicyclic) bond motifs is 3. The van der Waals surface area contributed by atoms with Gasteiger partial charge in [-0.3, -0.25) is 10.00 Å². The van der Waals surface area contributed by atoms with Crippen LogP contribution in [-0.2, 0) is 6.42 Å². The SMILES string of the molecule is C[C@@H]1Cc2c(ccc3[nH]ncc23)[C@@H](c2c(F)cc(N3CCC4(CCNCC4)CC3)cc2F)N1CC(F)F. The lowest BCUT2D eigenvalue weighted by atomic mass is 9.71. The molecule has 0 aliphatic carbocycles. The van der Waals surface area contributed by atoms with Crippen LogP contribution >= 0.6 is 0 Å². The number of nitrogens with zero attached hydrogens (tertiary/aromatic N) is 3. The summed E-state index contributed by atoms with van der Waals surface area (Å²) < 4.78 is 59.1. The first-order chi connectivity index (χ1) is 17.8. The van der Waals surface area contributed by atoms with Crippen molar-refractivity contribution >= 4 is 16.6 Å². The fourth-order valence-corrected chi connectivity index (χ4v) is 6.90. The smallest absolute Gasteiger partial charge is 0.251 e. The van der Waals surface area contributed by atoms with Gasteiger partial charge in [0.05, 0.1) is 24.3 Å². The van der Waals surface area contributed by atoms with E-state index in [-0.39, 0.29) is 11.6 Å². The first-order valence-electron chi connectivity index (χ1n) is 13.3. The van der Waals surface area contributed by atoms with Gasteiger partial charge in [-0.2, -0.15) is 5.10 Å². The molecule has 0 bridgehead atoms. The third-order valence-electron chi connectivity index (χ3n) is 9.00. The number of nitrogens with one attached hydrogen (secondary N) is 2. The Morgan fingerprint density at radius 1 is 1.05 bits per heavy atom. The molecule has 2 saturated heterocycles. The molecule has 3 aliphatic heterocycles. The van der Waals surface area contributed by atoms with Crippen molar-refractivity contribution in [1.82, 2.24) is 20.4 Å². The number of hydrogen-bond donors (Lipinski definition) is 2. The highest BCUT2D eigenvalue weighted by Crippen LogP contribution is 2.44. The molecule has 4 heterocycles. The monoisotopic (exact) mass is 515 g/mol. The zero-order valence-corrected chi connectivity index (χ0v) is 21.0. The zero-order chi connectivity index (χ0) is 25.7. The van der Waals surface area contributed by atoms with E-state index < -0.39 is 30.6 Å². The third-order valence-corrected chi connectivity index (χ3v) is 9.00. The lowest BCUT2D eigenvalue weighted by Crippen LogP contribution is -2.46. The number of anilines is 1. The Morgan fingerprint density at radius 3 is 2.43 bits per heavy atom.